The van der Waals surface area contributed by atoms with Gasteiger partial charge in [-0.15, -0.1) is 69.1 Å². The molecule has 0 amide bonds. The summed E-state index contributed by atoms with van der Waals surface area (Å²) in [5, 5.41) is 8.07. The minimum Gasteiger partial charge on any atom is -1.00 e. The third-order valence-corrected chi connectivity index (χ3v) is 8.60. The van der Waals surface area contributed by atoms with Gasteiger partial charge >= 0.3 is 41.9 Å². The predicted molar refractivity (Wildman–Crippen MR) is 193 cm³/mol. The minimum absolute atomic E-state index is 0. The zero-order chi connectivity index (χ0) is 30.9. The Hall–Kier alpha value is -3.20. The normalized spacial score (nSPS) is 12.1. The van der Waals surface area contributed by atoms with Crippen LogP contribution in [-0.4, -0.2) is 10.0 Å². The third-order valence-electron chi connectivity index (χ3n) is 8.60. The summed E-state index contributed by atoms with van der Waals surface area (Å²) in [5.41, 5.74) is 9.53. The zero-order valence-electron chi connectivity index (χ0n) is 27.0. The van der Waals surface area contributed by atoms with Gasteiger partial charge in [-0.05, 0) is 36.5 Å². The van der Waals surface area contributed by atoms with Crippen molar-refractivity contribution in [2.75, 3.05) is 0 Å². The molecule has 1 aliphatic rings. The molecule has 9 rings (SSSR count). The van der Waals surface area contributed by atoms with Gasteiger partial charge in [0.2, 0.25) is 0 Å². The quantitative estimate of drug-likeness (QED) is 0.158. The van der Waals surface area contributed by atoms with Gasteiger partial charge in [0.15, 0.2) is 0 Å². The van der Waals surface area contributed by atoms with Crippen molar-refractivity contribution < 1.29 is 48.1 Å². The van der Waals surface area contributed by atoms with Crippen molar-refractivity contribution in [3.63, 3.8) is 0 Å². The molecular formula is C42H37Cl2NSiZr-2. The first kappa shape index (κ1) is 35.1. The number of benzene rings is 5. The summed E-state index contributed by atoms with van der Waals surface area (Å²) < 4.78 is 2.43. The van der Waals surface area contributed by atoms with Gasteiger partial charge in [-0.3, -0.25) is 0 Å². The van der Waals surface area contributed by atoms with E-state index in [0.717, 1.165) is 5.92 Å². The number of para-hydroxylation sites is 2. The fourth-order valence-corrected chi connectivity index (χ4v) is 6.52. The Balaban J connectivity index is 0.000000171. The summed E-state index contributed by atoms with van der Waals surface area (Å²) in [6, 6.07) is 50.5. The Morgan fingerprint density at radius 1 is 0.617 bits per heavy atom. The smallest absolute Gasteiger partial charge is 0.0532 e. The fourth-order valence-electron chi connectivity index (χ4n) is 6.52. The molecule has 47 heavy (non-hydrogen) atoms. The summed E-state index contributed by atoms with van der Waals surface area (Å²) in [7, 11) is 0. The molecule has 1 heterocycles. The molecule has 1 saturated carbocycles. The Bertz CT molecular complexity index is 2230. The summed E-state index contributed by atoms with van der Waals surface area (Å²) in [4.78, 5) is 0. The van der Waals surface area contributed by atoms with E-state index >= 15 is 0 Å². The molecule has 1 aromatic heterocycles. The molecule has 234 valence electrons. The number of hydrogen-bond donors (Lipinski definition) is 0. The summed E-state index contributed by atoms with van der Waals surface area (Å²) >= 11 is 1.74. The molecule has 7 aromatic carbocycles. The zero-order valence-corrected chi connectivity index (χ0v) is 31.9. The van der Waals surface area contributed by atoms with Gasteiger partial charge in [0.05, 0.1) is 11.0 Å². The second-order valence-electron chi connectivity index (χ2n) is 12.4. The Morgan fingerprint density at radius 2 is 1.17 bits per heavy atom. The number of nitrogens with zero attached hydrogens (tertiary/aromatic N) is 1. The van der Waals surface area contributed by atoms with Gasteiger partial charge in [-0.1, -0.05) is 91.3 Å². The average molecular weight is 746 g/mol. The van der Waals surface area contributed by atoms with Crippen LogP contribution < -0.4 is 24.8 Å². The second-order valence-corrected chi connectivity index (χ2v) is 21.8. The van der Waals surface area contributed by atoms with Crippen LogP contribution in [0.1, 0.15) is 29.9 Å². The first-order valence-corrected chi connectivity index (χ1v) is 22.1. The molecule has 1 aliphatic carbocycles. The molecule has 8 aromatic rings. The van der Waals surface area contributed by atoms with Crippen LogP contribution >= 0.6 is 0 Å². The molecular weight excluding hydrogens is 709 g/mol. The van der Waals surface area contributed by atoms with E-state index in [9.17, 15) is 0 Å². The van der Waals surface area contributed by atoms with Gasteiger partial charge in [0.1, 0.15) is 0 Å². The molecule has 1 fully saturated rings. The number of fused-ring (bicyclic) bond motifs is 5. The van der Waals surface area contributed by atoms with Crippen LogP contribution in [0.15, 0.2) is 140 Å². The monoisotopic (exact) mass is 743 g/mol. The molecule has 0 radical (unpaired) electrons. The first-order valence-electron chi connectivity index (χ1n) is 15.9. The fraction of sp³-hybridized carbons (Fsp3) is 0.143. The molecule has 0 unspecified atom stereocenters. The van der Waals surface area contributed by atoms with Gasteiger partial charge in [-0.2, -0.15) is 12.1 Å². The number of hydrogen-bond acceptors (Lipinski definition) is 0. The van der Waals surface area contributed by atoms with Crippen molar-refractivity contribution >= 4 is 48.8 Å². The van der Waals surface area contributed by atoms with Crippen LogP contribution in [0, 0.1) is 6.92 Å². The van der Waals surface area contributed by atoms with Crippen LogP contribution in [0.4, 0.5) is 0 Å². The first-order chi connectivity index (χ1) is 22.0. The van der Waals surface area contributed by atoms with Crippen LogP contribution in [0.3, 0.4) is 0 Å². The molecule has 0 spiro atoms. The molecule has 5 heteroatoms. The van der Waals surface area contributed by atoms with E-state index in [-0.39, 0.29) is 30.2 Å². The molecule has 0 N–H and O–H groups in total. The largest absolute Gasteiger partial charge is 1.00 e. The third kappa shape index (κ3) is 7.45. The van der Waals surface area contributed by atoms with E-state index in [1.807, 2.05) is 0 Å². The summed E-state index contributed by atoms with van der Waals surface area (Å²) in [6.07, 6.45) is 2.70. The summed E-state index contributed by atoms with van der Waals surface area (Å²) in [5.74, 6) is 0.790. The van der Waals surface area contributed by atoms with Crippen molar-refractivity contribution in [3.05, 3.63) is 151 Å². The predicted octanol–water partition coefficient (Wildman–Crippen LogP) is 5.86. The maximum atomic E-state index is 2.43. The van der Waals surface area contributed by atoms with Gasteiger partial charge < -0.3 is 29.4 Å². The minimum atomic E-state index is 0. The number of rotatable bonds is 3. The molecule has 0 atom stereocenters. The average Bonchev–Trinajstić information content (AvgIpc) is 3.55. The standard InChI is InChI=1S/C24H18N.C16H13.C2H6Si.2ClH.Zr/c1-3-9-22-19(7-1)20-8-2-4-10-23(20)25(22)24-11-5-6-17-14-18(15-21(17)24)16-12-13-16;1-12-10-14-8-5-9-15(16(14)11-12)13-6-3-2-4-7-13;1-3-2;;;/h1-11,14-16H,12-13H2;2-11H,1H3;1-2H3;2*1H;/q2*-1;;;;+2/p-2. The van der Waals surface area contributed by atoms with Gasteiger partial charge in [0, 0.05) is 16.5 Å². The van der Waals surface area contributed by atoms with E-state index < -0.39 is 0 Å². The maximum absolute atomic E-state index is 2.43. The Kier molecular flexibility index (Phi) is 11.5. The van der Waals surface area contributed by atoms with Crippen molar-refractivity contribution in [1.29, 1.82) is 0 Å². The molecule has 0 saturated heterocycles. The molecule has 1 nitrogen and oxygen atoms in total. The van der Waals surface area contributed by atoms with E-state index in [1.54, 1.807) is 23.3 Å². The van der Waals surface area contributed by atoms with Gasteiger partial charge in [0.25, 0.3) is 0 Å². The molecule has 0 aliphatic heterocycles. The number of aromatic nitrogens is 1. The van der Waals surface area contributed by atoms with E-state index in [1.165, 1.54) is 84.1 Å². The van der Waals surface area contributed by atoms with Gasteiger partial charge in [-0.25, -0.2) is 0 Å². The summed E-state index contributed by atoms with van der Waals surface area (Å²) in [6.45, 7) is 6.76. The van der Waals surface area contributed by atoms with Crippen LogP contribution in [0.5, 0.6) is 0 Å². The van der Waals surface area contributed by atoms with Crippen LogP contribution in [-0.2, 0) is 23.3 Å². The van der Waals surface area contributed by atoms with E-state index in [0.29, 0.717) is 0 Å². The number of aryl methyl sites for hydroxylation is 1. The second kappa shape index (κ2) is 15.3. The van der Waals surface area contributed by atoms with Crippen molar-refractivity contribution in [2.45, 2.75) is 38.8 Å². The van der Waals surface area contributed by atoms with E-state index in [2.05, 4.69) is 164 Å². The topological polar surface area (TPSA) is 4.93 Å². The molecule has 0 bridgehead atoms. The maximum Gasteiger partial charge on any atom is 0.0532 e. The van der Waals surface area contributed by atoms with Crippen LogP contribution in [0.25, 0.3) is 60.2 Å². The van der Waals surface area contributed by atoms with Crippen molar-refractivity contribution in [2.24, 2.45) is 0 Å². The Morgan fingerprint density at radius 3 is 1.79 bits per heavy atom. The van der Waals surface area contributed by atoms with Crippen LogP contribution in [0.2, 0.25) is 13.1 Å². The SMILES string of the molecule is C[Si](C)=[Zr+2].Cc1cc2c(-c3ccccc3)cccc2[cH-]1.[Cl-].[Cl-].c1cc(-n2c3ccccc3c3ccccc32)c2cc(C3CC3)[cH-]c2c1. The van der Waals surface area contributed by atoms with E-state index in [4.69, 9.17) is 0 Å². The van der Waals surface area contributed by atoms with Crippen molar-refractivity contribution in [3.8, 4) is 16.8 Å². The van der Waals surface area contributed by atoms with Crippen molar-refractivity contribution in [1.82, 2.24) is 4.57 Å². The number of halogens is 2. The Labute approximate surface area is 305 Å².